The summed E-state index contributed by atoms with van der Waals surface area (Å²) in [6, 6.07) is 4.33. The summed E-state index contributed by atoms with van der Waals surface area (Å²) in [6.45, 7) is 1.01. The highest BCUT2D eigenvalue weighted by Crippen LogP contribution is 2.24. The lowest BCUT2D eigenvalue weighted by Gasteiger charge is -2.08. The van der Waals surface area contributed by atoms with Crippen molar-refractivity contribution in [3.63, 3.8) is 0 Å². The van der Waals surface area contributed by atoms with E-state index in [0.29, 0.717) is 11.3 Å². The molecule has 0 aliphatic carbocycles. The Hall–Kier alpha value is -1.72. The van der Waals surface area contributed by atoms with Crippen LogP contribution in [0.3, 0.4) is 0 Å². The molecule has 0 radical (unpaired) electrons. The number of nitrogens with one attached hydrogen (secondary N) is 1. The fraction of sp³-hybridized carbons (Fsp3) is 0.333. The van der Waals surface area contributed by atoms with E-state index < -0.39 is 17.9 Å². The van der Waals surface area contributed by atoms with Crippen LogP contribution in [0.25, 0.3) is 0 Å². The van der Waals surface area contributed by atoms with E-state index in [1.54, 1.807) is 0 Å². The molecule has 0 unspecified atom stereocenters. The Morgan fingerprint density at radius 2 is 2.20 bits per heavy atom. The number of anilines is 1. The molecule has 0 aromatic heterocycles. The highest BCUT2D eigenvalue weighted by molar-refractivity contribution is 5.59. The monoisotopic (exact) mass is 216 g/mol. The standard InChI is InChI=1S/C9H10F2N2O2/c1-6-7(12-5-9(10)11)3-2-4-8(6)13(14)15/h2-4,9,12H,5H2,1H3. The normalized spacial score (nSPS) is 10.4. The number of hydrogen-bond acceptors (Lipinski definition) is 3. The zero-order chi connectivity index (χ0) is 11.4. The highest BCUT2D eigenvalue weighted by atomic mass is 19.3. The van der Waals surface area contributed by atoms with Gasteiger partial charge in [0.15, 0.2) is 0 Å². The SMILES string of the molecule is Cc1c(NCC(F)F)cccc1[N+](=O)[O-]. The van der Waals surface area contributed by atoms with Gasteiger partial charge in [-0.15, -0.1) is 0 Å². The predicted octanol–water partition coefficient (Wildman–Crippen LogP) is 2.58. The van der Waals surface area contributed by atoms with Crippen LogP contribution in [0.1, 0.15) is 5.56 Å². The molecule has 0 saturated heterocycles. The lowest BCUT2D eigenvalue weighted by molar-refractivity contribution is -0.385. The number of benzene rings is 1. The third-order valence-corrected chi connectivity index (χ3v) is 1.95. The van der Waals surface area contributed by atoms with Gasteiger partial charge in [-0.1, -0.05) is 6.07 Å². The van der Waals surface area contributed by atoms with Crippen LogP contribution in [0, 0.1) is 17.0 Å². The number of nitrogens with zero attached hydrogens (tertiary/aromatic N) is 1. The molecule has 15 heavy (non-hydrogen) atoms. The first kappa shape index (κ1) is 11.4. The van der Waals surface area contributed by atoms with Gasteiger partial charge in [0.2, 0.25) is 0 Å². The zero-order valence-electron chi connectivity index (χ0n) is 8.04. The lowest BCUT2D eigenvalue weighted by atomic mass is 10.1. The molecule has 1 aromatic rings. The summed E-state index contributed by atoms with van der Waals surface area (Å²) in [5.74, 6) is 0. The Bertz CT molecular complexity index is 369. The molecule has 82 valence electrons. The quantitative estimate of drug-likeness (QED) is 0.621. The topological polar surface area (TPSA) is 55.2 Å². The maximum atomic E-state index is 11.9. The second kappa shape index (κ2) is 4.68. The Kier molecular flexibility index (Phi) is 3.54. The van der Waals surface area contributed by atoms with Crippen LogP contribution >= 0.6 is 0 Å². The van der Waals surface area contributed by atoms with Crippen molar-refractivity contribution in [1.29, 1.82) is 0 Å². The van der Waals surface area contributed by atoms with Gasteiger partial charge in [0.25, 0.3) is 12.1 Å². The number of nitro benzene ring substituents is 1. The minimum atomic E-state index is -2.48. The second-order valence-corrected chi connectivity index (χ2v) is 2.98. The van der Waals surface area contributed by atoms with E-state index in [1.165, 1.54) is 25.1 Å². The van der Waals surface area contributed by atoms with Crippen molar-refractivity contribution in [3.05, 3.63) is 33.9 Å². The summed E-state index contributed by atoms with van der Waals surface area (Å²) >= 11 is 0. The second-order valence-electron chi connectivity index (χ2n) is 2.98. The van der Waals surface area contributed by atoms with Crippen LogP contribution < -0.4 is 5.32 Å². The fourth-order valence-corrected chi connectivity index (χ4v) is 1.20. The minimum absolute atomic E-state index is 0.0748. The fourth-order valence-electron chi connectivity index (χ4n) is 1.20. The van der Waals surface area contributed by atoms with Crippen LogP contribution in [-0.4, -0.2) is 17.9 Å². The summed E-state index contributed by atoms with van der Waals surface area (Å²) in [5.41, 5.74) is 0.655. The molecular formula is C9H10F2N2O2. The first-order chi connectivity index (χ1) is 7.02. The van der Waals surface area contributed by atoms with Crippen molar-refractivity contribution in [2.75, 3.05) is 11.9 Å². The summed E-state index contributed by atoms with van der Waals surface area (Å²) in [6.07, 6.45) is -2.48. The molecule has 1 rings (SSSR count). The van der Waals surface area contributed by atoms with Gasteiger partial charge in [-0.2, -0.15) is 0 Å². The van der Waals surface area contributed by atoms with Crippen LogP contribution in [0.5, 0.6) is 0 Å². The molecule has 0 amide bonds. The Labute approximate surface area is 85.1 Å². The summed E-state index contributed by atoms with van der Waals surface area (Å²) in [5, 5.41) is 13.0. The number of alkyl halides is 2. The van der Waals surface area contributed by atoms with Gasteiger partial charge in [-0.3, -0.25) is 10.1 Å². The molecule has 0 heterocycles. The van der Waals surface area contributed by atoms with Crippen molar-refractivity contribution in [2.45, 2.75) is 13.3 Å². The Morgan fingerprint density at radius 1 is 1.53 bits per heavy atom. The van der Waals surface area contributed by atoms with E-state index in [9.17, 15) is 18.9 Å². The van der Waals surface area contributed by atoms with Crippen LogP contribution in [0.4, 0.5) is 20.2 Å². The van der Waals surface area contributed by atoms with E-state index in [1.807, 2.05) is 0 Å². The van der Waals surface area contributed by atoms with Gasteiger partial charge < -0.3 is 5.32 Å². The molecule has 6 heteroatoms. The van der Waals surface area contributed by atoms with Gasteiger partial charge in [0, 0.05) is 17.3 Å². The van der Waals surface area contributed by atoms with Crippen molar-refractivity contribution in [2.24, 2.45) is 0 Å². The Balaban J connectivity index is 2.89. The van der Waals surface area contributed by atoms with Gasteiger partial charge in [0.1, 0.15) is 0 Å². The van der Waals surface area contributed by atoms with E-state index in [0.717, 1.165) is 0 Å². The average Bonchev–Trinajstić information content (AvgIpc) is 2.15. The molecule has 0 saturated carbocycles. The molecule has 1 aromatic carbocycles. The first-order valence-corrected chi connectivity index (χ1v) is 4.28. The Morgan fingerprint density at radius 3 is 2.73 bits per heavy atom. The molecule has 0 fully saturated rings. The van der Waals surface area contributed by atoms with E-state index in [2.05, 4.69) is 5.32 Å². The molecule has 0 spiro atoms. The molecule has 0 aliphatic rings. The van der Waals surface area contributed by atoms with Gasteiger partial charge >= 0.3 is 0 Å². The maximum absolute atomic E-state index is 11.9. The van der Waals surface area contributed by atoms with Gasteiger partial charge in [-0.25, -0.2) is 8.78 Å². The zero-order valence-corrected chi connectivity index (χ0v) is 8.04. The largest absolute Gasteiger partial charge is 0.379 e. The van der Waals surface area contributed by atoms with Crippen molar-refractivity contribution < 1.29 is 13.7 Å². The molecule has 0 bridgehead atoms. The smallest absolute Gasteiger partial charge is 0.274 e. The summed E-state index contributed by atoms with van der Waals surface area (Å²) in [4.78, 5) is 10.0. The van der Waals surface area contributed by atoms with Crippen molar-refractivity contribution in [1.82, 2.24) is 0 Å². The van der Waals surface area contributed by atoms with Crippen LogP contribution in [-0.2, 0) is 0 Å². The predicted molar refractivity (Wildman–Crippen MR) is 52.3 cm³/mol. The minimum Gasteiger partial charge on any atom is -0.379 e. The van der Waals surface area contributed by atoms with Gasteiger partial charge in [-0.05, 0) is 13.0 Å². The molecular weight excluding hydrogens is 206 g/mol. The summed E-state index contributed by atoms with van der Waals surface area (Å²) in [7, 11) is 0. The molecule has 1 N–H and O–H groups in total. The van der Waals surface area contributed by atoms with Crippen LogP contribution in [0.2, 0.25) is 0 Å². The first-order valence-electron chi connectivity index (χ1n) is 4.28. The lowest BCUT2D eigenvalue weighted by Crippen LogP contribution is -2.11. The van der Waals surface area contributed by atoms with E-state index in [-0.39, 0.29) is 5.69 Å². The molecule has 0 aliphatic heterocycles. The number of hydrogen-bond donors (Lipinski definition) is 1. The molecule has 0 atom stereocenters. The van der Waals surface area contributed by atoms with Crippen LogP contribution in [0.15, 0.2) is 18.2 Å². The van der Waals surface area contributed by atoms with E-state index in [4.69, 9.17) is 0 Å². The third kappa shape index (κ3) is 2.87. The third-order valence-electron chi connectivity index (χ3n) is 1.95. The summed E-state index contributed by atoms with van der Waals surface area (Å²) < 4.78 is 23.8. The highest BCUT2D eigenvalue weighted by Gasteiger charge is 2.13. The number of nitro groups is 1. The molecule has 4 nitrogen and oxygen atoms in total. The van der Waals surface area contributed by atoms with E-state index >= 15 is 0 Å². The average molecular weight is 216 g/mol. The maximum Gasteiger partial charge on any atom is 0.274 e. The number of rotatable bonds is 4. The van der Waals surface area contributed by atoms with Crippen molar-refractivity contribution >= 4 is 11.4 Å². The number of halogens is 2. The van der Waals surface area contributed by atoms with Gasteiger partial charge in [0.05, 0.1) is 11.5 Å². The van der Waals surface area contributed by atoms with Crippen molar-refractivity contribution in [3.8, 4) is 0 Å².